The molecule has 138 valence electrons. The fourth-order valence-corrected chi connectivity index (χ4v) is 2.97. The summed E-state index contributed by atoms with van der Waals surface area (Å²) in [6, 6.07) is 3.37. The van der Waals surface area contributed by atoms with Crippen LogP contribution in [0.3, 0.4) is 0 Å². The number of carbonyl (C=O) groups excluding carboxylic acids is 1. The van der Waals surface area contributed by atoms with Crippen LogP contribution in [0.5, 0.6) is 0 Å². The predicted molar refractivity (Wildman–Crippen MR) is 101 cm³/mol. The Morgan fingerprint density at radius 2 is 1.89 bits per heavy atom. The van der Waals surface area contributed by atoms with E-state index in [2.05, 4.69) is 16.5 Å². The summed E-state index contributed by atoms with van der Waals surface area (Å²) in [6.45, 7) is 5.19. The number of aryl methyl sites for hydroxylation is 2. The van der Waals surface area contributed by atoms with Crippen LogP contribution in [0.4, 0.5) is 0 Å². The highest BCUT2D eigenvalue weighted by molar-refractivity contribution is 6.07. The van der Waals surface area contributed by atoms with E-state index in [9.17, 15) is 14.4 Å². The van der Waals surface area contributed by atoms with E-state index in [1.165, 1.54) is 24.7 Å². The summed E-state index contributed by atoms with van der Waals surface area (Å²) in [5.74, 6) is -0.621. The van der Waals surface area contributed by atoms with E-state index >= 15 is 0 Å². The molecule has 0 N–H and O–H groups in total. The molecule has 0 aliphatic carbocycles. The highest BCUT2D eigenvalue weighted by atomic mass is 16.5. The van der Waals surface area contributed by atoms with Gasteiger partial charge in [-0.1, -0.05) is 12.7 Å². The number of pyridine rings is 2. The minimum Gasteiger partial charge on any atom is -0.458 e. The predicted octanol–water partition coefficient (Wildman–Crippen LogP) is 1.35. The van der Waals surface area contributed by atoms with E-state index in [0.717, 1.165) is 4.57 Å². The maximum atomic E-state index is 12.9. The van der Waals surface area contributed by atoms with Crippen molar-refractivity contribution in [2.45, 2.75) is 6.92 Å². The molecule has 0 amide bonds. The van der Waals surface area contributed by atoms with Gasteiger partial charge in [-0.2, -0.15) is 0 Å². The first-order chi connectivity index (χ1) is 12.9. The quantitative estimate of drug-likeness (QED) is 0.511. The van der Waals surface area contributed by atoms with E-state index in [1.807, 2.05) is 0 Å². The molecular weight excluding hydrogens is 348 g/mol. The molecule has 0 saturated heterocycles. The fourth-order valence-electron chi connectivity index (χ4n) is 2.97. The van der Waals surface area contributed by atoms with Crippen LogP contribution >= 0.6 is 0 Å². The molecule has 8 nitrogen and oxygen atoms in total. The van der Waals surface area contributed by atoms with Gasteiger partial charge in [0.25, 0.3) is 5.56 Å². The summed E-state index contributed by atoms with van der Waals surface area (Å²) in [5.41, 5.74) is 0.657. The standard InChI is InChI=1S/C19H18N4O4/c1-5-10-27-18(25)13-11(2)21-16-15(14(13)12-6-8-20-9-7-12)17(24)23(4)19(26)22(16)3/h5-9H,1,10H2,2-4H3. The van der Waals surface area contributed by atoms with Crippen molar-refractivity contribution in [1.29, 1.82) is 0 Å². The lowest BCUT2D eigenvalue weighted by Gasteiger charge is -2.16. The number of nitrogens with zero attached hydrogens (tertiary/aromatic N) is 4. The third-order valence-electron chi connectivity index (χ3n) is 4.27. The third kappa shape index (κ3) is 2.95. The van der Waals surface area contributed by atoms with Gasteiger partial charge in [-0.05, 0) is 24.6 Å². The number of hydrogen-bond donors (Lipinski definition) is 0. The Kier molecular flexibility index (Phi) is 4.72. The largest absolute Gasteiger partial charge is 0.458 e. The first kappa shape index (κ1) is 18.2. The maximum Gasteiger partial charge on any atom is 0.340 e. The zero-order chi connectivity index (χ0) is 19.7. The average molecular weight is 366 g/mol. The summed E-state index contributed by atoms with van der Waals surface area (Å²) in [4.78, 5) is 46.3. The van der Waals surface area contributed by atoms with Crippen molar-refractivity contribution < 1.29 is 9.53 Å². The number of hydrogen-bond acceptors (Lipinski definition) is 6. The molecule has 0 spiro atoms. The highest BCUT2D eigenvalue weighted by Gasteiger charge is 2.25. The van der Waals surface area contributed by atoms with Crippen molar-refractivity contribution in [3.8, 4) is 11.1 Å². The molecule has 0 aliphatic rings. The molecular formula is C19H18N4O4. The summed E-state index contributed by atoms with van der Waals surface area (Å²) in [6.07, 6.45) is 4.57. The van der Waals surface area contributed by atoms with E-state index in [1.54, 1.807) is 31.5 Å². The molecule has 0 bridgehead atoms. The zero-order valence-corrected chi connectivity index (χ0v) is 15.2. The Morgan fingerprint density at radius 3 is 2.52 bits per heavy atom. The Balaban J connectivity index is 2.55. The minimum absolute atomic E-state index is 0.0252. The van der Waals surface area contributed by atoms with Crippen LogP contribution in [-0.2, 0) is 18.8 Å². The fraction of sp³-hybridized carbons (Fsp3) is 0.211. The van der Waals surface area contributed by atoms with Gasteiger partial charge in [0.1, 0.15) is 12.3 Å². The number of carbonyl (C=O) groups is 1. The molecule has 0 radical (unpaired) electrons. The minimum atomic E-state index is -0.621. The Bertz CT molecular complexity index is 1180. The first-order valence-corrected chi connectivity index (χ1v) is 8.17. The first-order valence-electron chi connectivity index (χ1n) is 8.17. The lowest BCUT2D eigenvalue weighted by molar-refractivity contribution is 0.0549. The molecule has 0 atom stereocenters. The topological polar surface area (TPSA) is 96.1 Å². The number of fused-ring (bicyclic) bond motifs is 1. The molecule has 0 unspecified atom stereocenters. The van der Waals surface area contributed by atoms with Gasteiger partial charge in [-0.3, -0.25) is 18.9 Å². The van der Waals surface area contributed by atoms with Crippen LogP contribution in [0.25, 0.3) is 22.2 Å². The molecule has 3 heterocycles. The number of aromatic nitrogens is 4. The number of esters is 1. The number of rotatable bonds is 4. The van der Waals surface area contributed by atoms with Crippen molar-refractivity contribution in [3.05, 3.63) is 69.3 Å². The smallest absolute Gasteiger partial charge is 0.340 e. The summed E-state index contributed by atoms with van der Waals surface area (Å²) >= 11 is 0. The van der Waals surface area contributed by atoms with Crippen LogP contribution in [0.2, 0.25) is 0 Å². The Labute approximate surface area is 154 Å². The van der Waals surface area contributed by atoms with Gasteiger partial charge in [0.05, 0.1) is 16.6 Å². The zero-order valence-electron chi connectivity index (χ0n) is 15.2. The van der Waals surface area contributed by atoms with Crippen molar-refractivity contribution >= 4 is 17.0 Å². The van der Waals surface area contributed by atoms with Gasteiger partial charge in [0.15, 0.2) is 0 Å². The molecule has 8 heteroatoms. The van der Waals surface area contributed by atoms with Gasteiger partial charge in [-0.25, -0.2) is 14.6 Å². The molecule has 3 aromatic rings. The molecule has 3 rings (SSSR count). The van der Waals surface area contributed by atoms with Crippen molar-refractivity contribution in [1.82, 2.24) is 19.1 Å². The summed E-state index contributed by atoms with van der Waals surface area (Å²) < 4.78 is 7.48. The Morgan fingerprint density at radius 1 is 1.22 bits per heavy atom. The maximum absolute atomic E-state index is 12.9. The molecule has 0 aliphatic heterocycles. The lowest BCUT2D eigenvalue weighted by Crippen LogP contribution is -2.38. The van der Waals surface area contributed by atoms with Gasteiger partial charge in [-0.15, -0.1) is 0 Å². The second kappa shape index (κ2) is 6.99. The summed E-state index contributed by atoms with van der Waals surface area (Å²) in [5, 5.41) is 0.168. The monoisotopic (exact) mass is 366 g/mol. The molecule has 0 saturated carbocycles. The summed E-state index contributed by atoms with van der Waals surface area (Å²) in [7, 11) is 2.92. The van der Waals surface area contributed by atoms with Crippen LogP contribution in [0.1, 0.15) is 16.1 Å². The SMILES string of the molecule is C=CCOC(=O)c1c(C)nc2c(c1-c1ccncc1)c(=O)n(C)c(=O)n2C. The van der Waals surface area contributed by atoms with Crippen molar-refractivity contribution in [2.24, 2.45) is 14.1 Å². The molecule has 0 aromatic carbocycles. The van der Waals surface area contributed by atoms with E-state index in [4.69, 9.17) is 4.74 Å². The van der Waals surface area contributed by atoms with Crippen molar-refractivity contribution in [2.75, 3.05) is 6.61 Å². The van der Waals surface area contributed by atoms with Gasteiger partial charge < -0.3 is 4.74 Å². The van der Waals surface area contributed by atoms with E-state index in [-0.39, 0.29) is 23.2 Å². The van der Waals surface area contributed by atoms with Gasteiger partial charge in [0.2, 0.25) is 0 Å². The second-order valence-electron chi connectivity index (χ2n) is 5.97. The van der Waals surface area contributed by atoms with Crippen LogP contribution in [0.15, 0.2) is 46.8 Å². The normalized spacial score (nSPS) is 10.8. The van der Waals surface area contributed by atoms with Crippen LogP contribution in [0, 0.1) is 6.92 Å². The highest BCUT2D eigenvalue weighted by Crippen LogP contribution is 2.31. The van der Waals surface area contributed by atoms with Gasteiger partial charge >= 0.3 is 11.7 Å². The lowest BCUT2D eigenvalue weighted by atomic mass is 9.96. The van der Waals surface area contributed by atoms with Crippen LogP contribution in [-0.4, -0.2) is 31.7 Å². The second-order valence-corrected chi connectivity index (χ2v) is 5.97. The molecule has 27 heavy (non-hydrogen) atoms. The van der Waals surface area contributed by atoms with Crippen molar-refractivity contribution in [3.63, 3.8) is 0 Å². The molecule has 3 aromatic heterocycles. The van der Waals surface area contributed by atoms with E-state index < -0.39 is 17.2 Å². The van der Waals surface area contributed by atoms with Gasteiger partial charge in [0, 0.05) is 32.1 Å². The number of ether oxygens (including phenoxy) is 1. The average Bonchev–Trinajstić information content (AvgIpc) is 2.68. The molecule has 0 fully saturated rings. The van der Waals surface area contributed by atoms with Crippen LogP contribution < -0.4 is 11.2 Å². The third-order valence-corrected chi connectivity index (χ3v) is 4.27. The van der Waals surface area contributed by atoms with E-state index in [0.29, 0.717) is 16.8 Å². The Hall–Kier alpha value is -3.55.